The highest BCUT2D eigenvalue weighted by Crippen LogP contribution is 2.24. The molecule has 0 fully saturated rings. The molecule has 1 heterocycles. The second-order valence-corrected chi connectivity index (χ2v) is 7.56. The van der Waals surface area contributed by atoms with Crippen molar-refractivity contribution in [1.82, 2.24) is 10.2 Å². The number of amides is 2. The van der Waals surface area contributed by atoms with Crippen molar-refractivity contribution in [3.63, 3.8) is 0 Å². The minimum absolute atomic E-state index is 0.0153. The van der Waals surface area contributed by atoms with Crippen LogP contribution < -0.4 is 16.8 Å². The standard InChI is InChI=1S/C22H22N2O5.C2H7N3/c25-19(15-6-2-1-3-7-15)10-11-20(26)24-14-17-9-5-4-8-16(17)12-18(24)22(29)23-13-21(27)28;1-5-2(3)4/h1-9,18H,10-14H2,(H,23,29)(H,27,28);1H3,(H4,3,4,5). The lowest BCUT2D eigenvalue weighted by Gasteiger charge is -2.36. The molecule has 10 heteroatoms. The third-order valence-corrected chi connectivity index (χ3v) is 5.21. The number of guanidine groups is 1. The van der Waals surface area contributed by atoms with Gasteiger partial charge in [-0.1, -0.05) is 54.6 Å². The van der Waals surface area contributed by atoms with Crippen LogP contribution in [0.25, 0.3) is 0 Å². The number of nitrogens with one attached hydrogen (secondary N) is 1. The zero-order chi connectivity index (χ0) is 25.1. The molecule has 0 spiro atoms. The van der Waals surface area contributed by atoms with Crippen molar-refractivity contribution in [1.29, 1.82) is 0 Å². The van der Waals surface area contributed by atoms with E-state index < -0.39 is 24.5 Å². The van der Waals surface area contributed by atoms with Crippen molar-refractivity contribution in [2.75, 3.05) is 13.6 Å². The number of benzene rings is 2. The molecule has 10 nitrogen and oxygen atoms in total. The van der Waals surface area contributed by atoms with E-state index >= 15 is 0 Å². The molecule has 0 aliphatic carbocycles. The van der Waals surface area contributed by atoms with Crippen molar-refractivity contribution in [2.24, 2.45) is 16.5 Å². The minimum Gasteiger partial charge on any atom is -0.480 e. The topological polar surface area (TPSA) is 168 Å². The Morgan fingerprint density at radius 3 is 2.18 bits per heavy atom. The lowest BCUT2D eigenvalue weighted by molar-refractivity contribution is -0.143. The zero-order valence-electron chi connectivity index (χ0n) is 18.9. The van der Waals surface area contributed by atoms with Gasteiger partial charge in [0.25, 0.3) is 0 Å². The number of nitrogens with zero attached hydrogens (tertiary/aromatic N) is 2. The number of hydrogen-bond acceptors (Lipinski definition) is 5. The van der Waals surface area contributed by atoms with Gasteiger partial charge >= 0.3 is 5.97 Å². The molecular formula is C24H29N5O5. The summed E-state index contributed by atoms with van der Waals surface area (Å²) in [4.78, 5) is 53.3. The van der Waals surface area contributed by atoms with Crippen molar-refractivity contribution in [3.05, 3.63) is 71.3 Å². The number of carboxylic acid groups (broad SMARTS) is 1. The minimum atomic E-state index is -1.15. The predicted octanol–water partition coefficient (Wildman–Crippen LogP) is 0.693. The van der Waals surface area contributed by atoms with Crippen LogP contribution >= 0.6 is 0 Å². The summed E-state index contributed by atoms with van der Waals surface area (Å²) < 4.78 is 0. The third-order valence-electron chi connectivity index (χ3n) is 5.21. The highest BCUT2D eigenvalue weighted by Gasteiger charge is 2.34. The maximum Gasteiger partial charge on any atom is 0.322 e. The highest BCUT2D eigenvalue weighted by molar-refractivity contribution is 5.98. The molecule has 1 aliphatic heterocycles. The summed E-state index contributed by atoms with van der Waals surface area (Å²) in [5, 5.41) is 11.2. The smallest absolute Gasteiger partial charge is 0.322 e. The first-order valence-corrected chi connectivity index (χ1v) is 10.6. The molecule has 34 heavy (non-hydrogen) atoms. The number of fused-ring (bicyclic) bond motifs is 1. The summed E-state index contributed by atoms with van der Waals surface area (Å²) in [6.45, 7) is -0.259. The number of nitrogens with two attached hydrogens (primary N) is 2. The Hall–Kier alpha value is -4.21. The van der Waals surface area contributed by atoms with Crippen LogP contribution in [0.2, 0.25) is 0 Å². The van der Waals surface area contributed by atoms with E-state index in [0.29, 0.717) is 12.0 Å². The summed E-state index contributed by atoms with van der Waals surface area (Å²) in [6, 6.07) is 15.5. The van der Waals surface area contributed by atoms with E-state index in [9.17, 15) is 19.2 Å². The van der Waals surface area contributed by atoms with Crippen molar-refractivity contribution < 1.29 is 24.3 Å². The van der Waals surface area contributed by atoms with Crippen LogP contribution in [0.1, 0.15) is 34.3 Å². The Balaban J connectivity index is 0.000000739. The van der Waals surface area contributed by atoms with Crippen LogP contribution in [0.5, 0.6) is 0 Å². The SMILES string of the molecule is CN=C(N)N.O=C(O)CNC(=O)C1Cc2ccccc2CN1C(=O)CCC(=O)c1ccccc1. The number of ketones is 1. The number of aliphatic imine (C=N–C) groups is 1. The molecule has 2 aromatic carbocycles. The Morgan fingerprint density at radius 2 is 1.59 bits per heavy atom. The van der Waals surface area contributed by atoms with E-state index in [1.54, 1.807) is 24.3 Å². The van der Waals surface area contributed by atoms with E-state index in [-0.39, 0.29) is 37.0 Å². The van der Waals surface area contributed by atoms with Crippen LogP contribution in [0.4, 0.5) is 0 Å². The average molecular weight is 468 g/mol. The van der Waals surface area contributed by atoms with Gasteiger partial charge in [0.1, 0.15) is 12.6 Å². The van der Waals surface area contributed by atoms with E-state index in [4.69, 9.17) is 16.6 Å². The molecule has 6 N–H and O–H groups in total. The van der Waals surface area contributed by atoms with Gasteiger partial charge in [-0.3, -0.25) is 24.2 Å². The maximum atomic E-state index is 12.9. The van der Waals surface area contributed by atoms with Crippen LogP contribution in [0.3, 0.4) is 0 Å². The van der Waals surface area contributed by atoms with Gasteiger partial charge in [0.05, 0.1) is 0 Å². The highest BCUT2D eigenvalue weighted by atomic mass is 16.4. The molecule has 0 saturated carbocycles. The Kier molecular flexibility index (Phi) is 9.75. The summed E-state index contributed by atoms with van der Waals surface area (Å²) in [6.07, 6.45) is 0.336. The second-order valence-electron chi connectivity index (χ2n) is 7.56. The van der Waals surface area contributed by atoms with E-state index in [0.717, 1.165) is 11.1 Å². The van der Waals surface area contributed by atoms with E-state index in [2.05, 4.69) is 10.3 Å². The van der Waals surface area contributed by atoms with E-state index in [1.807, 2.05) is 30.3 Å². The van der Waals surface area contributed by atoms with Crippen molar-refractivity contribution in [2.45, 2.75) is 31.8 Å². The van der Waals surface area contributed by atoms with Gasteiger partial charge in [0.2, 0.25) is 11.8 Å². The molecule has 1 unspecified atom stereocenters. The van der Waals surface area contributed by atoms with Gasteiger partial charge in [-0.25, -0.2) is 0 Å². The molecule has 2 aromatic rings. The lowest BCUT2D eigenvalue weighted by atomic mass is 9.93. The second kappa shape index (κ2) is 12.7. The molecule has 180 valence electrons. The summed E-state index contributed by atoms with van der Waals surface area (Å²) in [5.41, 5.74) is 12.1. The number of aliphatic carboxylic acids is 1. The first-order chi connectivity index (χ1) is 16.2. The first kappa shape index (κ1) is 26.0. The molecule has 1 aliphatic rings. The number of Topliss-reactive ketones (excluding diaryl/α,β-unsaturated/α-hetero) is 1. The summed E-state index contributed by atoms with van der Waals surface area (Å²) in [7, 11) is 1.54. The van der Waals surface area contributed by atoms with Gasteiger partial charge < -0.3 is 26.8 Å². The monoisotopic (exact) mass is 467 g/mol. The Morgan fingerprint density at radius 1 is 1.00 bits per heavy atom. The lowest BCUT2D eigenvalue weighted by Crippen LogP contribution is -2.53. The number of carbonyl (C=O) groups excluding carboxylic acids is 3. The summed E-state index contributed by atoms with van der Waals surface area (Å²) in [5.74, 6) is -1.97. The average Bonchev–Trinajstić information content (AvgIpc) is 2.85. The molecule has 0 radical (unpaired) electrons. The Labute approximate surface area is 197 Å². The first-order valence-electron chi connectivity index (χ1n) is 10.6. The maximum absolute atomic E-state index is 12.9. The van der Waals surface area contributed by atoms with Gasteiger partial charge in [0, 0.05) is 38.4 Å². The van der Waals surface area contributed by atoms with Crippen LogP contribution in [-0.4, -0.2) is 59.2 Å². The largest absolute Gasteiger partial charge is 0.480 e. The molecule has 1 atom stereocenters. The third kappa shape index (κ3) is 7.73. The van der Waals surface area contributed by atoms with Gasteiger partial charge in [0.15, 0.2) is 11.7 Å². The zero-order valence-corrected chi connectivity index (χ0v) is 18.9. The van der Waals surface area contributed by atoms with Gasteiger partial charge in [-0.15, -0.1) is 0 Å². The van der Waals surface area contributed by atoms with Crippen molar-refractivity contribution in [3.8, 4) is 0 Å². The number of hydrogen-bond donors (Lipinski definition) is 4. The quantitative estimate of drug-likeness (QED) is 0.264. The van der Waals surface area contributed by atoms with Crippen molar-refractivity contribution >= 4 is 29.5 Å². The Bertz CT molecular complexity index is 1050. The summed E-state index contributed by atoms with van der Waals surface area (Å²) >= 11 is 0. The van der Waals surface area contributed by atoms with Gasteiger partial charge in [-0.2, -0.15) is 0 Å². The fourth-order valence-electron chi connectivity index (χ4n) is 3.43. The fourth-order valence-corrected chi connectivity index (χ4v) is 3.43. The fraction of sp³-hybridized carbons (Fsp3) is 0.292. The van der Waals surface area contributed by atoms with Crippen LogP contribution in [0.15, 0.2) is 59.6 Å². The molecule has 3 rings (SSSR count). The molecule has 2 amide bonds. The van der Waals surface area contributed by atoms with E-state index in [1.165, 1.54) is 11.9 Å². The molecule has 0 bridgehead atoms. The van der Waals surface area contributed by atoms with Gasteiger partial charge in [-0.05, 0) is 11.1 Å². The number of rotatable bonds is 7. The van der Waals surface area contributed by atoms with Crippen LogP contribution in [-0.2, 0) is 27.3 Å². The predicted molar refractivity (Wildman–Crippen MR) is 127 cm³/mol. The number of carbonyl (C=O) groups is 4. The normalized spacial score (nSPS) is 14.0. The molecular weight excluding hydrogens is 438 g/mol. The number of carboxylic acids is 1. The van der Waals surface area contributed by atoms with Crippen LogP contribution in [0, 0.1) is 0 Å². The molecule has 0 aromatic heterocycles. The molecule has 0 saturated heterocycles.